The Morgan fingerprint density at radius 3 is 2.55 bits per heavy atom. The normalized spacial score (nSPS) is 18.5. The first-order chi connectivity index (χ1) is 14.8. The summed E-state index contributed by atoms with van der Waals surface area (Å²) in [7, 11) is 0. The van der Waals surface area contributed by atoms with Gasteiger partial charge in [-0.15, -0.1) is 0 Å². The Morgan fingerprint density at radius 2 is 1.94 bits per heavy atom. The highest BCUT2D eigenvalue weighted by atomic mass is 19.4. The van der Waals surface area contributed by atoms with Crippen molar-refractivity contribution in [2.75, 3.05) is 6.54 Å². The van der Waals surface area contributed by atoms with Crippen molar-refractivity contribution in [3.8, 4) is 6.07 Å². The van der Waals surface area contributed by atoms with Crippen molar-refractivity contribution in [2.45, 2.75) is 64.2 Å². The molecule has 1 atom stereocenters. The third kappa shape index (κ3) is 3.62. The summed E-state index contributed by atoms with van der Waals surface area (Å²) in [6.07, 6.45) is 4.95. The molecule has 0 radical (unpaired) electrons. The molecule has 7 heteroatoms. The quantitative estimate of drug-likeness (QED) is 0.518. The minimum absolute atomic E-state index is 0.0737. The number of aryl methyl sites for hydroxylation is 1. The Bertz CT molecular complexity index is 1090. The van der Waals surface area contributed by atoms with E-state index in [0.717, 1.165) is 38.1 Å². The van der Waals surface area contributed by atoms with Crippen LogP contribution < -0.4 is 0 Å². The van der Waals surface area contributed by atoms with Crippen molar-refractivity contribution in [3.05, 3.63) is 53.0 Å². The number of allylic oxidation sites excluding steroid dienone is 2. The Morgan fingerprint density at radius 1 is 1.23 bits per heavy atom. The van der Waals surface area contributed by atoms with Crippen LogP contribution in [0.3, 0.4) is 0 Å². The first-order valence-corrected chi connectivity index (χ1v) is 10.7. The molecule has 1 saturated carbocycles. The standard InChI is InChI=1S/C24H25F4N3/c1-3-16-12-22-18(13-20(16)25)19(14-29)23(31(22)17-8-4-5-9-17)21-10-6-7-11-30(21)15(2)24(26,27)28/h6-7,10,12-13,15,17H,3-5,8-9,11H2,1-2H3/t15-/m0/s1. The molecule has 0 unspecified atom stereocenters. The van der Waals surface area contributed by atoms with E-state index in [2.05, 4.69) is 6.07 Å². The van der Waals surface area contributed by atoms with Crippen LogP contribution >= 0.6 is 0 Å². The average molecular weight is 431 g/mol. The highest BCUT2D eigenvalue weighted by molar-refractivity contribution is 5.93. The Kier molecular flexibility index (Phi) is 5.59. The van der Waals surface area contributed by atoms with E-state index in [1.54, 1.807) is 24.3 Å². The summed E-state index contributed by atoms with van der Waals surface area (Å²) in [5.41, 5.74) is 2.34. The largest absolute Gasteiger partial charge is 0.408 e. The summed E-state index contributed by atoms with van der Waals surface area (Å²) in [5, 5.41) is 10.5. The molecule has 1 aromatic heterocycles. The number of alkyl halides is 3. The molecule has 0 amide bonds. The molecule has 3 nitrogen and oxygen atoms in total. The summed E-state index contributed by atoms with van der Waals surface area (Å²) in [6.45, 7) is 3.09. The number of nitriles is 1. The maximum Gasteiger partial charge on any atom is 0.408 e. The molecule has 4 rings (SSSR count). The summed E-state index contributed by atoms with van der Waals surface area (Å²) in [5.74, 6) is -0.389. The van der Waals surface area contributed by atoms with E-state index < -0.39 is 12.2 Å². The van der Waals surface area contributed by atoms with Crippen LogP contribution in [-0.4, -0.2) is 28.2 Å². The zero-order chi connectivity index (χ0) is 22.3. The van der Waals surface area contributed by atoms with E-state index in [9.17, 15) is 22.8 Å². The molecule has 31 heavy (non-hydrogen) atoms. The van der Waals surface area contributed by atoms with Gasteiger partial charge in [0.1, 0.15) is 17.9 Å². The number of nitrogens with zero attached hydrogens (tertiary/aromatic N) is 3. The fourth-order valence-electron chi connectivity index (χ4n) is 4.84. The minimum atomic E-state index is -4.41. The van der Waals surface area contributed by atoms with Gasteiger partial charge in [0.15, 0.2) is 0 Å². The van der Waals surface area contributed by atoms with Crippen molar-refractivity contribution in [2.24, 2.45) is 0 Å². The molecule has 1 aromatic carbocycles. The van der Waals surface area contributed by atoms with Gasteiger partial charge in [0.25, 0.3) is 0 Å². The summed E-state index contributed by atoms with van der Waals surface area (Å²) in [6, 6.07) is 3.68. The second-order valence-electron chi connectivity index (χ2n) is 8.31. The third-order valence-electron chi connectivity index (χ3n) is 6.54. The summed E-state index contributed by atoms with van der Waals surface area (Å²) < 4.78 is 57.6. The van der Waals surface area contributed by atoms with Crippen molar-refractivity contribution in [1.29, 1.82) is 5.26 Å². The zero-order valence-corrected chi connectivity index (χ0v) is 17.6. The van der Waals surface area contributed by atoms with Crippen LogP contribution in [0.5, 0.6) is 0 Å². The fraction of sp³-hybridized carbons (Fsp3) is 0.458. The number of aromatic nitrogens is 1. The van der Waals surface area contributed by atoms with Crippen molar-refractivity contribution < 1.29 is 17.6 Å². The molecular weight excluding hydrogens is 406 g/mol. The van der Waals surface area contributed by atoms with E-state index in [1.807, 2.05) is 11.5 Å². The van der Waals surface area contributed by atoms with Gasteiger partial charge in [0, 0.05) is 18.0 Å². The number of benzene rings is 1. The topological polar surface area (TPSA) is 32.0 Å². The van der Waals surface area contributed by atoms with Gasteiger partial charge in [-0.25, -0.2) is 4.39 Å². The lowest BCUT2D eigenvalue weighted by atomic mass is 10.0. The lowest BCUT2D eigenvalue weighted by Gasteiger charge is -2.36. The highest BCUT2D eigenvalue weighted by Gasteiger charge is 2.42. The predicted octanol–water partition coefficient (Wildman–Crippen LogP) is 6.49. The SMILES string of the molecule is CCc1cc2c(cc1F)c(C#N)c(C1=CC=CCN1[C@@H](C)C(F)(F)F)n2C1CCCC1. The van der Waals surface area contributed by atoms with Crippen LogP contribution in [0.15, 0.2) is 30.4 Å². The van der Waals surface area contributed by atoms with Crippen molar-refractivity contribution in [3.63, 3.8) is 0 Å². The third-order valence-corrected chi connectivity index (χ3v) is 6.54. The molecule has 0 saturated heterocycles. The maximum absolute atomic E-state index is 14.7. The van der Waals surface area contributed by atoms with Gasteiger partial charge >= 0.3 is 6.18 Å². The Labute approximate surface area is 179 Å². The fourth-order valence-corrected chi connectivity index (χ4v) is 4.84. The summed E-state index contributed by atoms with van der Waals surface area (Å²) in [4.78, 5) is 1.29. The van der Waals surface area contributed by atoms with E-state index in [1.165, 1.54) is 11.0 Å². The van der Waals surface area contributed by atoms with Crippen LogP contribution in [0.1, 0.15) is 62.4 Å². The number of rotatable bonds is 4. The second-order valence-corrected chi connectivity index (χ2v) is 8.31. The number of fused-ring (bicyclic) bond motifs is 1. The van der Waals surface area contributed by atoms with E-state index >= 15 is 0 Å². The van der Waals surface area contributed by atoms with Gasteiger partial charge in [0.2, 0.25) is 0 Å². The van der Waals surface area contributed by atoms with E-state index in [-0.39, 0.29) is 24.0 Å². The van der Waals surface area contributed by atoms with Crippen LogP contribution in [0.25, 0.3) is 16.6 Å². The summed E-state index contributed by atoms with van der Waals surface area (Å²) >= 11 is 0. The second kappa shape index (κ2) is 8.07. The van der Waals surface area contributed by atoms with Crippen LogP contribution in [-0.2, 0) is 6.42 Å². The highest BCUT2D eigenvalue weighted by Crippen LogP contribution is 2.42. The van der Waals surface area contributed by atoms with Gasteiger partial charge < -0.3 is 9.47 Å². The monoisotopic (exact) mass is 431 g/mol. The molecule has 0 spiro atoms. The molecule has 2 aromatic rings. The molecular formula is C24H25F4N3. The molecule has 0 bridgehead atoms. The minimum Gasteiger partial charge on any atom is -0.354 e. The van der Waals surface area contributed by atoms with Gasteiger partial charge in [-0.2, -0.15) is 18.4 Å². The lowest BCUT2D eigenvalue weighted by Crippen LogP contribution is -2.43. The van der Waals surface area contributed by atoms with E-state index in [4.69, 9.17) is 0 Å². The number of hydrogen-bond acceptors (Lipinski definition) is 2. The smallest absolute Gasteiger partial charge is 0.354 e. The lowest BCUT2D eigenvalue weighted by molar-refractivity contribution is -0.169. The average Bonchev–Trinajstić information content (AvgIpc) is 3.37. The van der Waals surface area contributed by atoms with Crippen LogP contribution in [0, 0.1) is 17.1 Å². The van der Waals surface area contributed by atoms with Crippen molar-refractivity contribution >= 4 is 16.6 Å². The van der Waals surface area contributed by atoms with Gasteiger partial charge in [-0.3, -0.25) is 0 Å². The molecule has 1 aliphatic heterocycles. The first-order valence-electron chi connectivity index (χ1n) is 10.7. The van der Waals surface area contributed by atoms with Crippen LogP contribution in [0.4, 0.5) is 17.6 Å². The predicted molar refractivity (Wildman–Crippen MR) is 113 cm³/mol. The zero-order valence-electron chi connectivity index (χ0n) is 17.6. The number of halogens is 4. The molecule has 0 N–H and O–H groups in total. The van der Waals surface area contributed by atoms with Gasteiger partial charge in [-0.05, 0) is 50.0 Å². The van der Waals surface area contributed by atoms with Crippen LogP contribution in [0.2, 0.25) is 0 Å². The molecule has 164 valence electrons. The molecule has 1 fully saturated rings. The Hall–Kier alpha value is -2.75. The number of hydrogen-bond donors (Lipinski definition) is 0. The van der Waals surface area contributed by atoms with Crippen molar-refractivity contribution in [1.82, 2.24) is 9.47 Å². The maximum atomic E-state index is 14.7. The van der Waals surface area contributed by atoms with Gasteiger partial charge in [-0.1, -0.05) is 31.9 Å². The van der Waals surface area contributed by atoms with Gasteiger partial charge in [0.05, 0.1) is 22.5 Å². The Balaban J connectivity index is 2.02. The van der Waals surface area contributed by atoms with E-state index in [0.29, 0.717) is 28.8 Å². The first kappa shape index (κ1) is 21.5. The molecule has 2 aliphatic rings. The molecule has 1 aliphatic carbocycles. The molecule has 2 heterocycles.